The number of rotatable bonds is 3. The van der Waals surface area contributed by atoms with Crippen molar-refractivity contribution in [3.8, 4) is 28.0 Å². The normalized spacial score (nSPS) is 15.1. The number of nitrogens with one attached hydrogen (secondary N) is 4. The summed E-state index contributed by atoms with van der Waals surface area (Å²) in [7, 11) is 1.72. The second-order valence-electron chi connectivity index (χ2n) is 17.5. The van der Waals surface area contributed by atoms with Gasteiger partial charge < -0.3 is 24.7 Å². The molecule has 4 aliphatic rings. The maximum absolute atomic E-state index is 5.98. The lowest BCUT2D eigenvalue weighted by Gasteiger charge is -2.16. The van der Waals surface area contributed by atoms with E-state index in [0.717, 1.165) is 131 Å². The summed E-state index contributed by atoms with van der Waals surface area (Å²) in [4.78, 5) is 35.1. The Morgan fingerprint density at radius 2 is 0.900 bits per heavy atom. The first-order valence-corrected chi connectivity index (χ1v) is 20.5. The number of methoxy groups -OCH3 is 1. The van der Waals surface area contributed by atoms with Crippen LogP contribution in [0.15, 0.2) is 103 Å². The van der Waals surface area contributed by atoms with E-state index in [9.17, 15) is 0 Å². The summed E-state index contributed by atoms with van der Waals surface area (Å²) < 4.78 is 5.98. The zero-order valence-electron chi connectivity index (χ0n) is 34.2. The average Bonchev–Trinajstić information content (AvgIpc) is 4.06. The van der Waals surface area contributed by atoms with Gasteiger partial charge in [0.1, 0.15) is 0 Å². The second kappa shape index (κ2) is 13.4. The van der Waals surface area contributed by atoms with Crippen LogP contribution in [0.1, 0.15) is 73.2 Å². The van der Waals surface area contributed by atoms with E-state index in [1.165, 1.54) is 0 Å². The molecule has 10 heterocycles. The van der Waals surface area contributed by atoms with Gasteiger partial charge in [0.05, 0.1) is 46.8 Å². The van der Waals surface area contributed by atoms with Crippen molar-refractivity contribution < 1.29 is 4.74 Å². The van der Waals surface area contributed by atoms with Gasteiger partial charge in [-0.1, -0.05) is 52.0 Å². The number of aromatic amines is 4. The molecule has 0 amide bonds. The lowest BCUT2D eigenvalue weighted by atomic mass is 9.85. The molecule has 294 valence electrons. The summed E-state index contributed by atoms with van der Waals surface area (Å²) in [6.07, 6.45) is 9.82. The Morgan fingerprint density at radius 1 is 0.450 bits per heavy atom. The number of H-pyrrole nitrogens is 4. The number of aromatic nitrogens is 8. The second-order valence-corrected chi connectivity index (χ2v) is 17.5. The Labute approximate surface area is 347 Å². The van der Waals surface area contributed by atoms with Crippen LogP contribution in [-0.4, -0.2) is 47.0 Å². The number of hydrogen-bond acceptors (Lipinski definition) is 5. The molecule has 0 unspecified atom stereocenters. The summed E-state index contributed by atoms with van der Waals surface area (Å²) in [6, 6.07) is 36.3. The number of nitrogens with zero attached hydrogens (tertiary/aromatic N) is 4. The third kappa shape index (κ3) is 6.34. The van der Waals surface area contributed by atoms with Crippen LogP contribution in [0.5, 0.6) is 5.75 Å². The molecule has 7 aromatic rings. The summed E-state index contributed by atoms with van der Waals surface area (Å²) in [5.74, 6) is 0.774. The molecule has 16 bridgehead atoms. The molecule has 0 fully saturated rings. The highest BCUT2D eigenvalue weighted by Gasteiger charge is 2.32. The van der Waals surface area contributed by atoms with Crippen molar-refractivity contribution in [3.05, 3.63) is 149 Å². The quantitative estimate of drug-likeness (QED) is 0.142. The van der Waals surface area contributed by atoms with Gasteiger partial charge in [0, 0.05) is 84.8 Å². The Bertz CT molecular complexity index is 3310. The fraction of sp³-hybridized carbons (Fsp3) is 0.176. The van der Waals surface area contributed by atoms with Crippen LogP contribution in [0.4, 0.5) is 0 Å². The molecule has 60 heavy (non-hydrogen) atoms. The lowest BCUT2D eigenvalue weighted by Crippen LogP contribution is -2.15. The van der Waals surface area contributed by atoms with Crippen molar-refractivity contribution in [2.45, 2.75) is 51.4 Å². The van der Waals surface area contributed by atoms with Crippen molar-refractivity contribution >= 4 is 68.4 Å². The minimum absolute atomic E-state index is 0.172. The zero-order chi connectivity index (χ0) is 40.8. The van der Waals surface area contributed by atoms with Gasteiger partial charge in [-0.15, -0.1) is 0 Å². The molecule has 0 saturated heterocycles. The molecular formula is C51H44N8O. The maximum atomic E-state index is 5.98. The van der Waals surface area contributed by atoms with Gasteiger partial charge in [-0.3, -0.25) is 9.97 Å². The maximum Gasteiger partial charge on any atom is 0.163 e. The third-order valence-corrected chi connectivity index (χ3v) is 12.1. The van der Waals surface area contributed by atoms with Gasteiger partial charge in [-0.25, -0.2) is 9.97 Å². The van der Waals surface area contributed by atoms with Gasteiger partial charge >= 0.3 is 0 Å². The first-order chi connectivity index (χ1) is 29.0. The molecule has 0 atom stereocenters. The number of hydrogen-bond donors (Lipinski definition) is 4. The third-order valence-electron chi connectivity index (χ3n) is 12.1. The molecule has 4 aliphatic heterocycles. The predicted octanol–water partition coefficient (Wildman–Crippen LogP) is 11.7. The molecule has 0 spiro atoms. The first-order valence-electron chi connectivity index (χ1n) is 20.5. The highest BCUT2D eigenvalue weighted by atomic mass is 16.5. The van der Waals surface area contributed by atoms with Gasteiger partial charge in [-0.05, 0) is 114 Å². The SMILES string of the molecule is COc1c2nc(cc3ccc([nH]3)c(-c3ccc(-c4c5nc(cc6ccc(cc7nc(cc8ccc4[nH]8)C=C7)[nH]6)C=C5)cc3)c3nc(cc4ccc1[nH]4)C(C)(C)C3)C(C)(C)C2. The van der Waals surface area contributed by atoms with Crippen molar-refractivity contribution in [2.75, 3.05) is 7.11 Å². The minimum Gasteiger partial charge on any atom is -0.493 e. The Morgan fingerprint density at radius 3 is 1.52 bits per heavy atom. The molecule has 0 aliphatic carbocycles. The van der Waals surface area contributed by atoms with Crippen molar-refractivity contribution in [1.29, 1.82) is 0 Å². The topological polar surface area (TPSA) is 124 Å². The molecule has 0 saturated carbocycles. The van der Waals surface area contributed by atoms with E-state index in [-0.39, 0.29) is 10.8 Å². The van der Waals surface area contributed by atoms with Gasteiger partial charge in [0.2, 0.25) is 0 Å². The van der Waals surface area contributed by atoms with Crippen molar-refractivity contribution in [3.63, 3.8) is 0 Å². The molecule has 6 aromatic heterocycles. The fourth-order valence-corrected chi connectivity index (χ4v) is 8.96. The molecular weight excluding hydrogens is 741 g/mol. The summed E-state index contributed by atoms with van der Waals surface area (Å²) in [5, 5.41) is 0. The Hall–Kier alpha value is -7.26. The Kier molecular flexibility index (Phi) is 8.00. The Balaban J connectivity index is 1.12. The standard InChI is InChI=1S/C51H44N8O/c1-50(2)27-43-48(41-20-16-37(56-41)25-46-51(3,4)28-44(59-46)49(60-5)42-21-17-38(57-42)26-45(50)58-43)30-8-6-29(7-9-30)47-39-18-14-35(54-39)23-33-12-10-31(52-33)22-32-11-13-34(53-32)24-36-15-19-40(47)55-36/h6-26,52,55-57H,27-28H2,1-5H3. The highest BCUT2D eigenvalue weighted by Crippen LogP contribution is 2.40. The van der Waals surface area contributed by atoms with Gasteiger partial charge in [0.15, 0.2) is 5.75 Å². The van der Waals surface area contributed by atoms with Crippen molar-refractivity contribution in [2.24, 2.45) is 0 Å². The van der Waals surface area contributed by atoms with Gasteiger partial charge in [0.25, 0.3) is 0 Å². The average molecular weight is 785 g/mol. The van der Waals surface area contributed by atoms with Crippen LogP contribution >= 0.6 is 0 Å². The van der Waals surface area contributed by atoms with Crippen LogP contribution in [0.25, 0.3) is 90.7 Å². The van der Waals surface area contributed by atoms with E-state index >= 15 is 0 Å². The van der Waals surface area contributed by atoms with E-state index < -0.39 is 0 Å². The van der Waals surface area contributed by atoms with Crippen LogP contribution in [0.3, 0.4) is 0 Å². The smallest absolute Gasteiger partial charge is 0.163 e. The molecule has 9 nitrogen and oxygen atoms in total. The molecule has 0 radical (unpaired) electrons. The molecule has 4 N–H and O–H groups in total. The fourth-order valence-electron chi connectivity index (χ4n) is 8.96. The largest absolute Gasteiger partial charge is 0.493 e. The van der Waals surface area contributed by atoms with E-state index in [0.29, 0.717) is 0 Å². The number of ether oxygens (including phenoxy) is 1. The van der Waals surface area contributed by atoms with E-state index in [4.69, 9.17) is 24.7 Å². The van der Waals surface area contributed by atoms with Gasteiger partial charge in [-0.2, -0.15) is 0 Å². The van der Waals surface area contributed by atoms with E-state index in [1.807, 2.05) is 12.2 Å². The molecule has 1 aromatic carbocycles. The van der Waals surface area contributed by atoms with Crippen LogP contribution in [0, 0.1) is 0 Å². The molecule has 9 heteroatoms. The number of benzene rings is 1. The predicted molar refractivity (Wildman–Crippen MR) is 244 cm³/mol. The van der Waals surface area contributed by atoms with E-state index in [1.54, 1.807) is 7.11 Å². The monoisotopic (exact) mass is 784 g/mol. The highest BCUT2D eigenvalue weighted by molar-refractivity contribution is 5.92. The summed E-state index contributed by atoms with van der Waals surface area (Å²) in [6.45, 7) is 9.03. The minimum atomic E-state index is -0.197. The van der Waals surface area contributed by atoms with Crippen LogP contribution in [0.2, 0.25) is 0 Å². The zero-order valence-corrected chi connectivity index (χ0v) is 34.2. The summed E-state index contributed by atoms with van der Waals surface area (Å²) >= 11 is 0. The molecule has 11 rings (SSSR count). The summed E-state index contributed by atoms with van der Waals surface area (Å²) in [5.41, 5.74) is 19.3. The number of fused-ring (bicyclic) bond motifs is 16. The van der Waals surface area contributed by atoms with E-state index in [2.05, 4.69) is 163 Å². The van der Waals surface area contributed by atoms with Crippen molar-refractivity contribution in [1.82, 2.24) is 39.9 Å². The van der Waals surface area contributed by atoms with Crippen LogP contribution in [-0.2, 0) is 23.7 Å². The lowest BCUT2D eigenvalue weighted by molar-refractivity contribution is 0.409. The first kappa shape index (κ1) is 35.9. The van der Waals surface area contributed by atoms with Crippen LogP contribution < -0.4 is 4.74 Å².